The average molecular weight is 261 g/mol. The molecule has 1 saturated carbocycles. The second kappa shape index (κ2) is 4.92. The summed E-state index contributed by atoms with van der Waals surface area (Å²) in [5, 5.41) is 3.09. The first kappa shape index (κ1) is 12.0. The van der Waals surface area contributed by atoms with Crippen LogP contribution >= 0.6 is 11.8 Å². The summed E-state index contributed by atoms with van der Waals surface area (Å²) in [6, 6.07) is 2.17. The van der Waals surface area contributed by atoms with Gasteiger partial charge in [0, 0.05) is 10.9 Å². The Morgan fingerprint density at radius 1 is 1.17 bits per heavy atom. The third-order valence-electron chi connectivity index (χ3n) is 3.53. The molecule has 3 nitrogen and oxygen atoms in total. The van der Waals surface area contributed by atoms with Gasteiger partial charge >= 0.3 is 0 Å². The Kier molecular flexibility index (Phi) is 3.29. The molecule has 0 aliphatic heterocycles. The third-order valence-corrected chi connectivity index (χ3v) is 4.87. The van der Waals surface area contributed by atoms with Crippen molar-refractivity contribution >= 4 is 22.8 Å². The number of thioether (sulfide) groups is 1. The molecule has 4 heteroatoms. The van der Waals surface area contributed by atoms with Crippen molar-refractivity contribution in [1.82, 2.24) is 15.0 Å². The van der Waals surface area contributed by atoms with Gasteiger partial charge in [0.05, 0.1) is 5.39 Å². The topological polar surface area (TPSA) is 41.6 Å². The van der Waals surface area contributed by atoms with Crippen LogP contribution in [0.15, 0.2) is 11.1 Å². The van der Waals surface area contributed by atoms with Crippen LogP contribution in [0, 0.1) is 13.8 Å². The van der Waals surface area contributed by atoms with E-state index >= 15 is 0 Å². The fourth-order valence-corrected chi connectivity index (χ4v) is 4.00. The van der Waals surface area contributed by atoms with Crippen LogP contribution in [0.2, 0.25) is 0 Å². The normalized spacial score (nSPS) is 17.4. The van der Waals surface area contributed by atoms with E-state index in [1.165, 1.54) is 37.5 Å². The summed E-state index contributed by atoms with van der Waals surface area (Å²) < 4.78 is 0. The zero-order valence-electron chi connectivity index (χ0n) is 11.0. The molecule has 2 aromatic heterocycles. The first-order valence-electron chi connectivity index (χ1n) is 6.73. The Morgan fingerprint density at radius 2 is 1.94 bits per heavy atom. The summed E-state index contributed by atoms with van der Waals surface area (Å²) in [5.74, 6) is 0.864. The molecular formula is C14H19N3S. The maximum Gasteiger partial charge on any atom is 0.142 e. The molecule has 0 bridgehead atoms. The summed E-state index contributed by atoms with van der Waals surface area (Å²) >= 11 is 1.95. The minimum absolute atomic E-state index is 0.742. The quantitative estimate of drug-likeness (QED) is 0.831. The number of hydrogen-bond acceptors (Lipinski definition) is 3. The van der Waals surface area contributed by atoms with Crippen molar-refractivity contribution in [3.8, 4) is 0 Å². The van der Waals surface area contributed by atoms with E-state index in [4.69, 9.17) is 0 Å². The van der Waals surface area contributed by atoms with Crippen LogP contribution in [0.5, 0.6) is 0 Å². The molecule has 2 heterocycles. The van der Waals surface area contributed by atoms with Crippen molar-refractivity contribution in [3.05, 3.63) is 17.6 Å². The second-order valence-corrected chi connectivity index (χ2v) is 6.46. The van der Waals surface area contributed by atoms with Gasteiger partial charge in [-0.25, -0.2) is 9.97 Å². The summed E-state index contributed by atoms with van der Waals surface area (Å²) in [5.41, 5.74) is 2.15. The summed E-state index contributed by atoms with van der Waals surface area (Å²) in [7, 11) is 0. The molecule has 1 N–H and O–H groups in total. The van der Waals surface area contributed by atoms with Gasteiger partial charge in [0.1, 0.15) is 16.5 Å². The van der Waals surface area contributed by atoms with Gasteiger partial charge < -0.3 is 4.98 Å². The number of nitrogens with one attached hydrogen (secondary N) is 1. The monoisotopic (exact) mass is 261 g/mol. The van der Waals surface area contributed by atoms with Crippen molar-refractivity contribution < 1.29 is 0 Å². The number of aryl methyl sites for hydroxylation is 2. The molecule has 0 amide bonds. The molecule has 0 atom stereocenters. The van der Waals surface area contributed by atoms with E-state index < -0.39 is 0 Å². The van der Waals surface area contributed by atoms with Crippen molar-refractivity contribution in [2.45, 2.75) is 56.2 Å². The number of hydrogen-bond donors (Lipinski definition) is 1. The SMILES string of the molecule is Cc1nc(SC2CCCCC2)c2cc(C)[nH]c2n1. The Hall–Kier alpha value is -1.03. The number of fused-ring (bicyclic) bond motifs is 1. The Labute approximate surface area is 112 Å². The van der Waals surface area contributed by atoms with E-state index in [1.54, 1.807) is 0 Å². The molecular weight excluding hydrogens is 242 g/mol. The number of aromatic nitrogens is 3. The third kappa shape index (κ3) is 2.39. The molecule has 1 fully saturated rings. The molecule has 1 aliphatic rings. The highest BCUT2D eigenvalue weighted by Crippen LogP contribution is 2.35. The lowest BCUT2D eigenvalue weighted by Gasteiger charge is -2.20. The number of rotatable bonds is 2. The van der Waals surface area contributed by atoms with Gasteiger partial charge in [0.15, 0.2) is 0 Å². The van der Waals surface area contributed by atoms with Crippen LogP contribution < -0.4 is 0 Å². The lowest BCUT2D eigenvalue weighted by atomic mass is 10.0. The smallest absolute Gasteiger partial charge is 0.142 e. The Morgan fingerprint density at radius 3 is 2.72 bits per heavy atom. The predicted molar refractivity (Wildman–Crippen MR) is 76.1 cm³/mol. The van der Waals surface area contributed by atoms with Crippen molar-refractivity contribution in [3.63, 3.8) is 0 Å². The molecule has 0 radical (unpaired) electrons. The van der Waals surface area contributed by atoms with E-state index in [1.807, 2.05) is 18.7 Å². The Balaban J connectivity index is 1.94. The number of aromatic amines is 1. The summed E-state index contributed by atoms with van der Waals surface area (Å²) in [4.78, 5) is 12.4. The molecule has 2 aromatic rings. The lowest BCUT2D eigenvalue weighted by molar-refractivity contribution is 0.516. The largest absolute Gasteiger partial charge is 0.343 e. The molecule has 3 rings (SSSR count). The number of nitrogens with zero attached hydrogens (tertiary/aromatic N) is 2. The molecule has 0 saturated heterocycles. The fraction of sp³-hybridized carbons (Fsp3) is 0.571. The second-order valence-electron chi connectivity index (χ2n) is 5.17. The van der Waals surface area contributed by atoms with E-state index in [-0.39, 0.29) is 0 Å². The summed E-state index contributed by atoms with van der Waals surface area (Å²) in [6.07, 6.45) is 6.81. The van der Waals surface area contributed by atoms with E-state index in [2.05, 4.69) is 27.9 Å². The van der Waals surface area contributed by atoms with Gasteiger partial charge in [-0.1, -0.05) is 19.3 Å². The van der Waals surface area contributed by atoms with Crippen LogP contribution in [-0.2, 0) is 0 Å². The maximum atomic E-state index is 4.64. The van der Waals surface area contributed by atoms with Crippen molar-refractivity contribution in [2.75, 3.05) is 0 Å². The van der Waals surface area contributed by atoms with Crippen LogP contribution in [0.25, 0.3) is 11.0 Å². The van der Waals surface area contributed by atoms with Gasteiger partial charge in [0.25, 0.3) is 0 Å². The molecule has 18 heavy (non-hydrogen) atoms. The van der Waals surface area contributed by atoms with Crippen LogP contribution in [0.1, 0.15) is 43.6 Å². The van der Waals surface area contributed by atoms with Crippen LogP contribution in [-0.4, -0.2) is 20.2 Å². The van der Waals surface area contributed by atoms with Gasteiger partial charge in [0.2, 0.25) is 0 Å². The molecule has 0 aromatic carbocycles. The first-order valence-corrected chi connectivity index (χ1v) is 7.61. The highest BCUT2D eigenvalue weighted by molar-refractivity contribution is 8.00. The van der Waals surface area contributed by atoms with Gasteiger partial charge in [-0.2, -0.15) is 0 Å². The lowest BCUT2D eigenvalue weighted by Crippen LogP contribution is -2.08. The van der Waals surface area contributed by atoms with Crippen LogP contribution in [0.4, 0.5) is 0 Å². The highest BCUT2D eigenvalue weighted by Gasteiger charge is 2.18. The molecule has 0 unspecified atom stereocenters. The van der Waals surface area contributed by atoms with Gasteiger partial charge in [-0.3, -0.25) is 0 Å². The standard InChI is InChI=1S/C14H19N3S/c1-9-8-12-13(15-9)16-10(2)17-14(12)18-11-6-4-3-5-7-11/h8,11H,3-7H2,1-2H3,(H,15,16,17). The fourth-order valence-electron chi connectivity index (χ4n) is 2.65. The van der Waals surface area contributed by atoms with Gasteiger partial charge in [-0.15, -0.1) is 11.8 Å². The molecule has 0 spiro atoms. The zero-order valence-corrected chi connectivity index (χ0v) is 11.8. The molecule has 1 aliphatic carbocycles. The first-order chi connectivity index (χ1) is 8.72. The average Bonchev–Trinajstić information content (AvgIpc) is 2.71. The summed E-state index contributed by atoms with van der Waals surface area (Å²) in [6.45, 7) is 4.05. The minimum atomic E-state index is 0.742. The minimum Gasteiger partial charge on any atom is -0.343 e. The van der Waals surface area contributed by atoms with Crippen LogP contribution in [0.3, 0.4) is 0 Å². The van der Waals surface area contributed by atoms with Crippen molar-refractivity contribution in [2.24, 2.45) is 0 Å². The van der Waals surface area contributed by atoms with E-state index in [0.717, 1.165) is 27.4 Å². The number of H-pyrrole nitrogens is 1. The van der Waals surface area contributed by atoms with Gasteiger partial charge in [-0.05, 0) is 32.8 Å². The highest BCUT2D eigenvalue weighted by atomic mass is 32.2. The Bertz CT molecular complexity index is 555. The van der Waals surface area contributed by atoms with E-state index in [9.17, 15) is 0 Å². The predicted octanol–water partition coefficient (Wildman–Crippen LogP) is 4.00. The zero-order chi connectivity index (χ0) is 12.5. The van der Waals surface area contributed by atoms with E-state index in [0.29, 0.717) is 0 Å². The van der Waals surface area contributed by atoms with Crippen molar-refractivity contribution in [1.29, 1.82) is 0 Å². The molecule has 96 valence electrons. The maximum absolute atomic E-state index is 4.64.